The molecule has 1 aromatic carbocycles. The van der Waals surface area contributed by atoms with Gasteiger partial charge in [0.15, 0.2) is 5.76 Å². The summed E-state index contributed by atoms with van der Waals surface area (Å²) < 4.78 is 7.22. The van der Waals surface area contributed by atoms with Crippen molar-refractivity contribution in [2.24, 2.45) is 0 Å². The Morgan fingerprint density at radius 3 is 2.79 bits per heavy atom. The summed E-state index contributed by atoms with van der Waals surface area (Å²) >= 11 is 1.23. The summed E-state index contributed by atoms with van der Waals surface area (Å²) in [7, 11) is 0. The van der Waals surface area contributed by atoms with Crippen LogP contribution in [0.25, 0.3) is 11.0 Å². The molecule has 0 fully saturated rings. The fourth-order valence-corrected chi connectivity index (χ4v) is 3.93. The number of nitrogens with zero attached hydrogens (tertiary/aromatic N) is 2. The molecule has 4 aromatic rings. The Balaban J connectivity index is 1.28. The largest absolute Gasteiger partial charge is 0.459 e. The van der Waals surface area contributed by atoms with Crippen LogP contribution in [0.15, 0.2) is 59.2 Å². The molecule has 0 aliphatic heterocycles. The van der Waals surface area contributed by atoms with Crippen molar-refractivity contribution in [2.75, 3.05) is 11.9 Å². The number of para-hydroxylation sites is 2. The van der Waals surface area contributed by atoms with Gasteiger partial charge in [-0.1, -0.05) is 12.1 Å². The number of furan rings is 1. The smallest absolute Gasteiger partial charge is 0.291 e. The summed E-state index contributed by atoms with van der Waals surface area (Å²) in [6.07, 6.45) is 2.23. The van der Waals surface area contributed by atoms with Crippen molar-refractivity contribution in [1.82, 2.24) is 14.9 Å². The number of fused-ring (bicyclic) bond motifs is 1. The molecule has 29 heavy (non-hydrogen) atoms. The van der Waals surface area contributed by atoms with Gasteiger partial charge >= 0.3 is 0 Å². The highest BCUT2D eigenvalue weighted by molar-refractivity contribution is 7.18. The number of nitrogens with one attached hydrogen (secondary N) is 2. The molecular formula is C21H20N4O3S. The number of carbonyl (C=O) groups excluding carboxylic acids is 2. The van der Waals surface area contributed by atoms with Crippen LogP contribution in [0.3, 0.4) is 0 Å². The van der Waals surface area contributed by atoms with Gasteiger partial charge in [-0.05, 0) is 49.7 Å². The molecule has 0 saturated carbocycles. The Kier molecular flexibility index (Phi) is 5.44. The van der Waals surface area contributed by atoms with Crippen LogP contribution in [-0.2, 0) is 6.54 Å². The number of hydrogen-bond acceptors (Lipinski definition) is 5. The molecular weight excluding hydrogens is 388 g/mol. The van der Waals surface area contributed by atoms with Gasteiger partial charge in [-0.15, -0.1) is 11.3 Å². The number of rotatable bonds is 7. The van der Waals surface area contributed by atoms with Crippen LogP contribution in [0.4, 0.5) is 5.00 Å². The lowest BCUT2D eigenvalue weighted by Crippen LogP contribution is -2.24. The Hall–Kier alpha value is -3.39. The van der Waals surface area contributed by atoms with E-state index in [1.165, 1.54) is 17.6 Å². The quantitative estimate of drug-likeness (QED) is 0.451. The zero-order valence-electron chi connectivity index (χ0n) is 15.8. The minimum absolute atomic E-state index is 0.152. The van der Waals surface area contributed by atoms with Crippen molar-refractivity contribution < 1.29 is 14.0 Å². The first-order valence-electron chi connectivity index (χ1n) is 9.26. The summed E-state index contributed by atoms with van der Waals surface area (Å²) in [5, 5.41) is 6.25. The molecule has 0 bridgehead atoms. The molecule has 3 heterocycles. The van der Waals surface area contributed by atoms with Gasteiger partial charge in [0.25, 0.3) is 11.8 Å². The van der Waals surface area contributed by atoms with E-state index in [0.29, 0.717) is 16.4 Å². The van der Waals surface area contributed by atoms with Crippen LogP contribution in [0.2, 0.25) is 0 Å². The zero-order valence-corrected chi connectivity index (χ0v) is 16.7. The first-order valence-corrected chi connectivity index (χ1v) is 10.1. The van der Waals surface area contributed by atoms with Crippen molar-refractivity contribution in [1.29, 1.82) is 0 Å². The minimum Gasteiger partial charge on any atom is -0.459 e. The number of carbonyl (C=O) groups is 2. The maximum Gasteiger partial charge on any atom is 0.291 e. The fourth-order valence-electron chi connectivity index (χ4n) is 3.11. The Bertz CT molecular complexity index is 1140. The van der Waals surface area contributed by atoms with Crippen molar-refractivity contribution in [3.8, 4) is 0 Å². The average molecular weight is 408 g/mol. The van der Waals surface area contributed by atoms with Crippen LogP contribution in [0, 0.1) is 6.92 Å². The number of anilines is 1. The second kappa shape index (κ2) is 8.32. The van der Waals surface area contributed by atoms with Gasteiger partial charge in [-0.3, -0.25) is 9.59 Å². The summed E-state index contributed by atoms with van der Waals surface area (Å²) in [6.45, 7) is 3.32. The van der Waals surface area contributed by atoms with Gasteiger partial charge in [0.05, 0.1) is 27.2 Å². The van der Waals surface area contributed by atoms with E-state index in [-0.39, 0.29) is 17.6 Å². The van der Waals surface area contributed by atoms with Gasteiger partial charge in [0.1, 0.15) is 5.82 Å². The highest BCUT2D eigenvalue weighted by Crippen LogP contribution is 2.22. The van der Waals surface area contributed by atoms with Crippen molar-refractivity contribution in [2.45, 2.75) is 19.9 Å². The summed E-state index contributed by atoms with van der Waals surface area (Å²) in [4.78, 5) is 29.5. The molecule has 0 atom stereocenters. The highest BCUT2D eigenvalue weighted by atomic mass is 32.1. The van der Waals surface area contributed by atoms with E-state index in [2.05, 4.69) is 26.3 Å². The Labute approximate surface area is 171 Å². The van der Waals surface area contributed by atoms with Crippen molar-refractivity contribution >= 4 is 39.2 Å². The second-order valence-electron chi connectivity index (χ2n) is 6.50. The molecule has 4 rings (SSSR count). The monoisotopic (exact) mass is 408 g/mol. The number of imidazole rings is 1. The van der Waals surface area contributed by atoms with E-state index in [0.717, 1.165) is 29.8 Å². The van der Waals surface area contributed by atoms with Crippen LogP contribution in [0.5, 0.6) is 0 Å². The third-order valence-electron chi connectivity index (χ3n) is 4.50. The topological polar surface area (TPSA) is 89.2 Å². The van der Waals surface area contributed by atoms with Crippen LogP contribution < -0.4 is 10.6 Å². The lowest BCUT2D eigenvalue weighted by molar-refractivity contribution is 0.0955. The van der Waals surface area contributed by atoms with Gasteiger partial charge in [0.2, 0.25) is 0 Å². The maximum atomic E-state index is 12.4. The van der Waals surface area contributed by atoms with Gasteiger partial charge < -0.3 is 19.6 Å². The third-order valence-corrected chi connectivity index (χ3v) is 5.50. The standard InChI is InChI=1S/C21H20N4O3S/c1-14-23-15-6-2-3-7-16(15)25(14)12-5-11-22-21(27)18-9-10-19(29-18)24-20(26)17-8-4-13-28-17/h2-4,6-10,13H,5,11-12H2,1H3,(H,22,27)(H,24,26). The molecule has 148 valence electrons. The Morgan fingerprint density at radius 2 is 1.97 bits per heavy atom. The normalized spacial score (nSPS) is 10.9. The van der Waals surface area contributed by atoms with E-state index in [9.17, 15) is 9.59 Å². The summed E-state index contributed by atoms with van der Waals surface area (Å²) in [5.74, 6) is 0.701. The fraction of sp³-hybridized carbons (Fsp3) is 0.190. The SMILES string of the molecule is Cc1nc2ccccc2n1CCCNC(=O)c1ccc(NC(=O)c2ccco2)s1. The number of hydrogen-bond donors (Lipinski definition) is 2. The van der Waals surface area contributed by atoms with Crippen molar-refractivity contribution in [3.63, 3.8) is 0 Å². The summed E-state index contributed by atoms with van der Waals surface area (Å²) in [6, 6.07) is 14.7. The van der Waals surface area contributed by atoms with E-state index < -0.39 is 0 Å². The van der Waals surface area contributed by atoms with E-state index in [1.807, 2.05) is 25.1 Å². The van der Waals surface area contributed by atoms with Crippen LogP contribution >= 0.6 is 11.3 Å². The van der Waals surface area contributed by atoms with Gasteiger partial charge in [-0.2, -0.15) is 0 Å². The van der Waals surface area contributed by atoms with Crippen LogP contribution in [-0.4, -0.2) is 27.9 Å². The zero-order chi connectivity index (χ0) is 20.2. The first-order chi connectivity index (χ1) is 14.1. The lowest BCUT2D eigenvalue weighted by Gasteiger charge is -2.07. The Morgan fingerprint density at radius 1 is 1.10 bits per heavy atom. The number of thiophene rings is 1. The summed E-state index contributed by atoms with van der Waals surface area (Å²) in [5.41, 5.74) is 2.09. The molecule has 3 aromatic heterocycles. The molecule has 7 nitrogen and oxygen atoms in total. The molecule has 0 spiro atoms. The third kappa shape index (κ3) is 4.22. The van der Waals surface area contributed by atoms with Crippen molar-refractivity contribution in [3.05, 3.63) is 71.3 Å². The molecule has 0 saturated heterocycles. The second-order valence-corrected chi connectivity index (χ2v) is 7.59. The van der Waals surface area contributed by atoms with Crippen LogP contribution in [0.1, 0.15) is 32.5 Å². The first kappa shape index (κ1) is 18.9. The van der Waals surface area contributed by atoms with Gasteiger partial charge in [0, 0.05) is 13.1 Å². The van der Waals surface area contributed by atoms with E-state index >= 15 is 0 Å². The number of aryl methyl sites for hydroxylation is 2. The number of benzene rings is 1. The molecule has 2 N–H and O–H groups in total. The molecule has 0 unspecified atom stereocenters. The lowest BCUT2D eigenvalue weighted by atomic mass is 10.3. The minimum atomic E-state index is -0.341. The highest BCUT2D eigenvalue weighted by Gasteiger charge is 2.13. The predicted octanol–water partition coefficient (Wildman–Crippen LogP) is 4.07. The molecule has 0 radical (unpaired) electrons. The predicted molar refractivity (Wildman–Crippen MR) is 112 cm³/mol. The van der Waals surface area contributed by atoms with E-state index in [1.54, 1.807) is 24.3 Å². The average Bonchev–Trinajstić information content (AvgIpc) is 3.45. The number of amides is 2. The molecule has 0 aliphatic carbocycles. The molecule has 2 amide bonds. The maximum absolute atomic E-state index is 12.4. The molecule has 0 aliphatic rings. The molecule has 8 heteroatoms. The van der Waals surface area contributed by atoms with Gasteiger partial charge in [-0.25, -0.2) is 4.98 Å². The number of aromatic nitrogens is 2. The van der Waals surface area contributed by atoms with E-state index in [4.69, 9.17) is 4.42 Å².